The molecule has 156 valence electrons. The Labute approximate surface area is 170 Å². The normalized spacial score (nSPS) is 24.4. The molecular formula is C21H27N3O5. The van der Waals surface area contributed by atoms with Crippen LogP contribution in [0.25, 0.3) is 0 Å². The number of amides is 4. The molecule has 0 saturated carbocycles. The maximum absolute atomic E-state index is 13.0. The molecule has 4 amide bonds. The van der Waals surface area contributed by atoms with Crippen molar-refractivity contribution in [3.05, 3.63) is 35.4 Å². The van der Waals surface area contributed by atoms with E-state index >= 15 is 0 Å². The number of nitrogens with zero attached hydrogens (tertiary/aromatic N) is 2. The maximum Gasteiger partial charge on any atom is 0.328 e. The average Bonchev–Trinajstić information content (AvgIpc) is 2.92. The predicted molar refractivity (Wildman–Crippen MR) is 105 cm³/mol. The molecule has 0 radical (unpaired) electrons. The quantitative estimate of drug-likeness (QED) is 0.599. The second-order valence-electron chi connectivity index (χ2n) is 7.66. The highest BCUT2D eigenvalue weighted by Gasteiger charge is 2.50. The van der Waals surface area contributed by atoms with Crippen LogP contribution in [0.5, 0.6) is 0 Å². The van der Waals surface area contributed by atoms with Crippen molar-refractivity contribution < 1.29 is 23.9 Å². The van der Waals surface area contributed by atoms with Crippen LogP contribution >= 0.6 is 0 Å². The van der Waals surface area contributed by atoms with Crippen molar-refractivity contribution in [2.24, 2.45) is 0 Å². The zero-order valence-corrected chi connectivity index (χ0v) is 17.1. The van der Waals surface area contributed by atoms with E-state index in [4.69, 9.17) is 4.74 Å². The first-order valence-corrected chi connectivity index (χ1v) is 9.95. The molecule has 2 atom stereocenters. The predicted octanol–water partition coefficient (Wildman–Crippen LogP) is 1.71. The van der Waals surface area contributed by atoms with Gasteiger partial charge in [-0.1, -0.05) is 29.8 Å². The number of esters is 1. The molecule has 2 aliphatic rings. The van der Waals surface area contributed by atoms with Gasteiger partial charge in [0.1, 0.15) is 18.1 Å². The summed E-state index contributed by atoms with van der Waals surface area (Å²) in [6.07, 6.45) is 2.11. The molecule has 2 saturated heterocycles. The lowest BCUT2D eigenvalue weighted by Gasteiger charge is -2.34. The van der Waals surface area contributed by atoms with Gasteiger partial charge in [0, 0.05) is 6.54 Å². The van der Waals surface area contributed by atoms with E-state index in [2.05, 4.69) is 5.32 Å². The monoisotopic (exact) mass is 401 g/mol. The zero-order chi connectivity index (χ0) is 21.2. The Morgan fingerprint density at radius 1 is 1.21 bits per heavy atom. The van der Waals surface area contributed by atoms with E-state index < -0.39 is 41.9 Å². The Bertz CT molecular complexity index is 822. The van der Waals surface area contributed by atoms with Crippen LogP contribution in [0.3, 0.4) is 0 Å². The molecule has 1 N–H and O–H groups in total. The topological polar surface area (TPSA) is 96.0 Å². The van der Waals surface area contributed by atoms with Gasteiger partial charge in [0.2, 0.25) is 5.91 Å². The van der Waals surface area contributed by atoms with Gasteiger partial charge in [-0.2, -0.15) is 0 Å². The fourth-order valence-corrected chi connectivity index (χ4v) is 3.86. The lowest BCUT2D eigenvalue weighted by atomic mass is 9.91. The number of benzene rings is 1. The number of rotatable bonds is 5. The third-order valence-corrected chi connectivity index (χ3v) is 5.58. The third kappa shape index (κ3) is 3.97. The smallest absolute Gasteiger partial charge is 0.328 e. The Kier molecular flexibility index (Phi) is 5.91. The maximum atomic E-state index is 13.0. The van der Waals surface area contributed by atoms with Gasteiger partial charge in [-0.3, -0.25) is 14.5 Å². The molecule has 0 spiro atoms. The molecule has 2 unspecified atom stereocenters. The lowest BCUT2D eigenvalue weighted by molar-refractivity contribution is -0.157. The van der Waals surface area contributed by atoms with Crippen molar-refractivity contribution in [1.82, 2.24) is 15.1 Å². The molecule has 8 nitrogen and oxygen atoms in total. The summed E-state index contributed by atoms with van der Waals surface area (Å²) in [7, 11) is 0. The zero-order valence-electron chi connectivity index (χ0n) is 17.1. The number of nitrogens with one attached hydrogen (secondary N) is 1. The van der Waals surface area contributed by atoms with Crippen LogP contribution in [0, 0.1) is 6.92 Å². The molecular weight excluding hydrogens is 374 g/mol. The minimum Gasteiger partial charge on any atom is -0.464 e. The highest BCUT2D eigenvalue weighted by Crippen LogP contribution is 2.29. The van der Waals surface area contributed by atoms with Crippen molar-refractivity contribution in [2.75, 3.05) is 19.7 Å². The third-order valence-electron chi connectivity index (χ3n) is 5.58. The van der Waals surface area contributed by atoms with E-state index in [9.17, 15) is 19.2 Å². The van der Waals surface area contributed by atoms with Crippen LogP contribution in [0.2, 0.25) is 0 Å². The molecule has 2 heterocycles. The van der Waals surface area contributed by atoms with E-state index in [0.29, 0.717) is 18.5 Å². The van der Waals surface area contributed by atoms with Crippen molar-refractivity contribution in [3.8, 4) is 0 Å². The molecule has 0 aromatic heterocycles. The summed E-state index contributed by atoms with van der Waals surface area (Å²) in [5, 5.41) is 2.70. The summed E-state index contributed by atoms with van der Waals surface area (Å²) >= 11 is 0. The van der Waals surface area contributed by atoms with Gasteiger partial charge < -0.3 is 15.0 Å². The molecule has 2 aliphatic heterocycles. The van der Waals surface area contributed by atoms with Crippen molar-refractivity contribution >= 4 is 23.8 Å². The number of aryl methyl sites for hydroxylation is 1. The Morgan fingerprint density at radius 2 is 1.90 bits per heavy atom. The fourth-order valence-electron chi connectivity index (χ4n) is 3.86. The first kappa shape index (κ1) is 20.8. The summed E-state index contributed by atoms with van der Waals surface area (Å²) in [6, 6.07) is 6.04. The van der Waals surface area contributed by atoms with Crippen LogP contribution in [0.4, 0.5) is 4.79 Å². The fraction of sp³-hybridized carbons (Fsp3) is 0.524. The van der Waals surface area contributed by atoms with Crippen LogP contribution in [0.15, 0.2) is 24.3 Å². The molecule has 8 heteroatoms. The average molecular weight is 401 g/mol. The van der Waals surface area contributed by atoms with Gasteiger partial charge in [-0.25, -0.2) is 9.59 Å². The second kappa shape index (κ2) is 8.23. The first-order valence-electron chi connectivity index (χ1n) is 9.95. The largest absolute Gasteiger partial charge is 0.464 e. The Morgan fingerprint density at radius 3 is 2.55 bits per heavy atom. The van der Waals surface area contributed by atoms with Crippen molar-refractivity contribution in [1.29, 1.82) is 0 Å². The standard InChI is InChI=1S/C21H27N3O5/c1-4-29-18(26)16-7-5-6-12-23(16)17(25)13-24-19(27)21(3,22-20(24)28)15-10-8-14(2)9-11-15/h8-11,16H,4-7,12-13H2,1-3H3,(H,22,28). The van der Waals surface area contributed by atoms with Crippen LogP contribution in [-0.2, 0) is 24.7 Å². The Balaban J connectivity index is 1.76. The van der Waals surface area contributed by atoms with Gasteiger partial charge in [0.15, 0.2) is 0 Å². The van der Waals surface area contributed by atoms with Gasteiger partial charge in [0.05, 0.1) is 6.61 Å². The van der Waals surface area contributed by atoms with Crippen LogP contribution < -0.4 is 5.32 Å². The number of urea groups is 1. The number of piperidine rings is 1. The number of carbonyl (C=O) groups excluding carboxylic acids is 4. The molecule has 2 fully saturated rings. The van der Waals surface area contributed by atoms with Crippen LogP contribution in [-0.4, -0.2) is 59.4 Å². The van der Waals surface area contributed by atoms with Gasteiger partial charge in [-0.15, -0.1) is 0 Å². The summed E-state index contributed by atoms with van der Waals surface area (Å²) in [5.74, 6) is -1.36. The van der Waals surface area contributed by atoms with E-state index in [0.717, 1.165) is 23.3 Å². The number of hydrogen-bond donors (Lipinski definition) is 1. The van der Waals surface area contributed by atoms with Gasteiger partial charge in [0.25, 0.3) is 5.91 Å². The SMILES string of the molecule is CCOC(=O)C1CCCCN1C(=O)CN1C(=O)NC(C)(c2ccc(C)cc2)C1=O. The molecule has 3 rings (SSSR count). The molecule has 29 heavy (non-hydrogen) atoms. The summed E-state index contributed by atoms with van der Waals surface area (Å²) in [6.45, 7) is 5.52. The second-order valence-corrected chi connectivity index (χ2v) is 7.66. The lowest BCUT2D eigenvalue weighted by Crippen LogP contribution is -2.52. The molecule has 1 aromatic rings. The van der Waals surface area contributed by atoms with Gasteiger partial charge >= 0.3 is 12.0 Å². The highest BCUT2D eigenvalue weighted by molar-refractivity contribution is 6.09. The van der Waals surface area contributed by atoms with Gasteiger partial charge in [-0.05, 0) is 45.6 Å². The number of likely N-dealkylation sites (tertiary alicyclic amines) is 1. The molecule has 1 aromatic carbocycles. The number of ether oxygens (including phenoxy) is 1. The van der Waals surface area contributed by atoms with E-state index in [1.54, 1.807) is 26.0 Å². The number of hydrogen-bond acceptors (Lipinski definition) is 5. The Hall–Kier alpha value is -2.90. The minimum atomic E-state index is -1.23. The van der Waals surface area contributed by atoms with Crippen molar-refractivity contribution in [3.63, 3.8) is 0 Å². The van der Waals surface area contributed by atoms with E-state index in [-0.39, 0.29) is 6.61 Å². The summed E-state index contributed by atoms with van der Waals surface area (Å²) in [4.78, 5) is 53.0. The summed E-state index contributed by atoms with van der Waals surface area (Å²) < 4.78 is 5.08. The highest BCUT2D eigenvalue weighted by atomic mass is 16.5. The molecule has 0 aliphatic carbocycles. The van der Waals surface area contributed by atoms with Crippen LogP contribution in [0.1, 0.15) is 44.2 Å². The number of imide groups is 1. The number of carbonyl (C=O) groups is 4. The molecule has 0 bridgehead atoms. The first-order chi connectivity index (χ1) is 13.8. The summed E-state index contributed by atoms with van der Waals surface area (Å²) in [5.41, 5.74) is 0.461. The van der Waals surface area contributed by atoms with E-state index in [1.807, 2.05) is 19.1 Å². The minimum absolute atomic E-state index is 0.235. The van der Waals surface area contributed by atoms with E-state index in [1.165, 1.54) is 4.90 Å². The van der Waals surface area contributed by atoms with Crippen molar-refractivity contribution in [2.45, 2.75) is 51.6 Å².